The zero-order valence-electron chi connectivity index (χ0n) is 16.9. The Morgan fingerprint density at radius 2 is 2.16 bits per heavy atom. The van der Waals surface area contributed by atoms with Gasteiger partial charge in [-0.2, -0.15) is 5.26 Å². The second-order valence-corrected chi connectivity index (χ2v) is 11.3. The van der Waals surface area contributed by atoms with Crippen molar-refractivity contribution in [2.24, 2.45) is 0 Å². The van der Waals surface area contributed by atoms with Crippen molar-refractivity contribution in [3.05, 3.63) is 49.3 Å². The van der Waals surface area contributed by atoms with Crippen LogP contribution in [0.2, 0.25) is 0 Å². The summed E-state index contributed by atoms with van der Waals surface area (Å²) in [6, 6.07) is 6.22. The lowest BCUT2D eigenvalue weighted by Crippen LogP contribution is -2.15. The molecule has 1 amide bonds. The number of hydrogen-bond acceptors (Lipinski definition) is 8. The van der Waals surface area contributed by atoms with Crippen LogP contribution in [0.15, 0.2) is 32.8 Å². The van der Waals surface area contributed by atoms with Crippen molar-refractivity contribution in [1.82, 2.24) is 9.97 Å². The fraction of sp³-hybridized carbons (Fsp3) is 0.273. The van der Waals surface area contributed by atoms with Gasteiger partial charge in [0.2, 0.25) is 5.91 Å². The second-order valence-electron chi connectivity index (χ2n) is 7.40. The van der Waals surface area contributed by atoms with E-state index in [1.165, 1.54) is 45.7 Å². The highest BCUT2D eigenvalue weighted by Gasteiger charge is 2.21. The Balaban J connectivity index is 1.31. The summed E-state index contributed by atoms with van der Waals surface area (Å²) in [5.74, 6) is -0.110. The van der Waals surface area contributed by atoms with Crippen LogP contribution in [0.5, 0.6) is 0 Å². The van der Waals surface area contributed by atoms with Gasteiger partial charge in [0.15, 0.2) is 5.16 Å². The largest absolute Gasteiger partial charge is 0.316 e. The molecule has 0 saturated carbocycles. The normalized spacial score (nSPS) is 13.5. The third-order valence-corrected chi connectivity index (χ3v) is 9.19. The lowest BCUT2D eigenvalue weighted by Gasteiger charge is -2.04. The van der Waals surface area contributed by atoms with E-state index in [9.17, 15) is 14.9 Å². The molecule has 0 saturated heterocycles. The van der Waals surface area contributed by atoms with Crippen molar-refractivity contribution >= 4 is 66.9 Å². The first-order chi connectivity index (χ1) is 15.6. The number of nitrogens with zero attached hydrogens (tertiary/aromatic N) is 2. The van der Waals surface area contributed by atoms with E-state index in [4.69, 9.17) is 0 Å². The Bertz CT molecular complexity index is 1390. The molecule has 6 nitrogen and oxygen atoms in total. The van der Waals surface area contributed by atoms with Gasteiger partial charge in [-0.05, 0) is 42.7 Å². The molecule has 4 aromatic heterocycles. The Labute approximate surface area is 200 Å². The van der Waals surface area contributed by atoms with Gasteiger partial charge in [-0.15, -0.1) is 34.0 Å². The Hall–Kier alpha value is -2.45. The van der Waals surface area contributed by atoms with Crippen LogP contribution in [-0.4, -0.2) is 21.6 Å². The highest BCUT2D eigenvalue weighted by Crippen LogP contribution is 2.37. The molecule has 5 rings (SSSR count). The second kappa shape index (κ2) is 9.19. The maximum Gasteiger partial charge on any atom is 0.260 e. The zero-order valence-corrected chi connectivity index (χ0v) is 20.2. The lowest BCUT2D eigenvalue weighted by molar-refractivity contribution is -0.113. The number of carbonyl (C=O) groups excluding carboxylic acids is 1. The molecule has 0 spiro atoms. The number of carbonyl (C=O) groups is 1. The number of hydrogen-bond donors (Lipinski definition) is 2. The molecule has 0 atom stereocenters. The van der Waals surface area contributed by atoms with E-state index in [1.54, 1.807) is 11.3 Å². The Kier molecular flexibility index (Phi) is 6.15. The molecule has 2 N–H and O–H groups in total. The van der Waals surface area contributed by atoms with Gasteiger partial charge in [-0.3, -0.25) is 9.59 Å². The van der Waals surface area contributed by atoms with Crippen LogP contribution in [0.1, 0.15) is 35.3 Å². The minimum absolute atomic E-state index is 0.102. The summed E-state index contributed by atoms with van der Waals surface area (Å²) in [7, 11) is 0. The number of H-pyrrole nitrogens is 1. The quantitative estimate of drug-likeness (QED) is 0.211. The summed E-state index contributed by atoms with van der Waals surface area (Å²) in [4.78, 5) is 35.6. The maximum absolute atomic E-state index is 12.7. The standard InChI is InChI=1S/C22H18N4O2S4/c23-9-13-12-5-2-1-3-6-16(12)32-20(13)24-17(27)11-31-22-25-19(28)18-14(10-30-21(18)26-22)15-7-4-8-29-15/h4,7-8,10H,1-3,5-6,11H2,(H,24,27)(H,25,26,28). The number of thiophene rings is 3. The smallest absolute Gasteiger partial charge is 0.260 e. The number of aromatic amines is 1. The van der Waals surface area contributed by atoms with E-state index >= 15 is 0 Å². The number of nitrogens with one attached hydrogen (secondary N) is 2. The van der Waals surface area contributed by atoms with E-state index < -0.39 is 0 Å². The van der Waals surface area contributed by atoms with Crippen LogP contribution in [0.25, 0.3) is 20.7 Å². The first-order valence-corrected chi connectivity index (χ1v) is 13.7. The number of fused-ring (bicyclic) bond motifs is 2. The maximum atomic E-state index is 12.7. The molecule has 162 valence electrons. The van der Waals surface area contributed by atoms with Crippen LogP contribution in [-0.2, 0) is 17.6 Å². The van der Waals surface area contributed by atoms with E-state index in [1.807, 2.05) is 22.9 Å². The van der Waals surface area contributed by atoms with Crippen LogP contribution in [0.3, 0.4) is 0 Å². The fourth-order valence-electron chi connectivity index (χ4n) is 3.86. The summed E-state index contributed by atoms with van der Waals surface area (Å²) < 4.78 is 0. The molecular formula is C22H18N4O2S4. The van der Waals surface area contributed by atoms with E-state index in [2.05, 4.69) is 21.4 Å². The fourth-order valence-corrected chi connectivity index (χ4v) is 7.59. The van der Waals surface area contributed by atoms with Gasteiger partial charge in [0.25, 0.3) is 5.56 Å². The van der Waals surface area contributed by atoms with Crippen molar-refractivity contribution in [2.45, 2.75) is 37.3 Å². The van der Waals surface area contributed by atoms with Gasteiger partial charge in [0.1, 0.15) is 15.9 Å². The summed E-state index contributed by atoms with van der Waals surface area (Å²) in [6.07, 6.45) is 5.26. The molecular weight excluding hydrogens is 481 g/mol. The zero-order chi connectivity index (χ0) is 22.1. The average molecular weight is 499 g/mol. The molecule has 0 unspecified atom stereocenters. The van der Waals surface area contributed by atoms with Crippen LogP contribution >= 0.6 is 45.8 Å². The molecule has 4 heterocycles. The lowest BCUT2D eigenvalue weighted by atomic mass is 10.1. The summed E-state index contributed by atoms with van der Waals surface area (Å²) in [5, 5.41) is 18.1. The topological polar surface area (TPSA) is 98.6 Å². The Morgan fingerprint density at radius 1 is 1.28 bits per heavy atom. The number of amides is 1. The number of aromatic nitrogens is 2. The van der Waals surface area contributed by atoms with E-state index in [-0.39, 0.29) is 17.2 Å². The molecule has 0 radical (unpaired) electrons. The van der Waals surface area contributed by atoms with Crippen molar-refractivity contribution in [1.29, 1.82) is 5.26 Å². The molecule has 0 bridgehead atoms. The van der Waals surface area contributed by atoms with Gasteiger partial charge in [0, 0.05) is 20.7 Å². The monoisotopic (exact) mass is 498 g/mol. The molecule has 10 heteroatoms. The minimum atomic E-state index is -0.212. The summed E-state index contributed by atoms with van der Waals surface area (Å²) in [5.41, 5.74) is 2.41. The van der Waals surface area contributed by atoms with Crippen molar-refractivity contribution < 1.29 is 4.79 Å². The van der Waals surface area contributed by atoms with E-state index in [0.29, 0.717) is 25.9 Å². The van der Waals surface area contributed by atoms with E-state index in [0.717, 1.165) is 41.7 Å². The predicted molar refractivity (Wildman–Crippen MR) is 133 cm³/mol. The molecule has 0 fully saturated rings. The summed E-state index contributed by atoms with van der Waals surface area (Å²) >= 11 is 5.72. The van der Waals surface area contributed by atoms with Crippen molar-refractivity contribution in [2.75, 3.05) is 11.1 Å². The highest BCUT2D eigenvalue weighted by molar-refractivity contribution is 7.99. The van der Waals surface area contributed by atoms with Crippen LogP contribution in [0, 0.1) is 11.3 Å². The number of aryl methyl sites for hydroxylation is 1. The average Bonchev–Trinajstić information content (AvgIpc) is 3.48. The summed E-state index contributed by atoms with van der Waals surface area (Å²) in [6.45, 7) is 0. The number of rotatable bonds is 5. The van der Waals surface area contributed by atoms with Crippen LogP contribution < -0.4 is 10.9 Å². The third-order valence-electron chi connectivity index (χ3n) is 5.33. The van der Waals surface area contributed by atoms with Crippen LogP contribution in [0.4, 0.5) is 5.00 Å². The molecule has 0 aromatic carbocycles. The van der Waals surface area contributed by atoms with Crippen molar-refractivity contribution in [3.63, 3.8) is 0 Å². The molecule has 4 aromatic rings. The Morgan fingerprint density at radius 3 is 2.97 bits per heavy atom. The van der Waals surface area contributed by atoms with Gasteiger partial charge in [-0.25, -0.2) is 4.98 Å². The van der Waals surface area contributed by atoms with Gasteiger partial charge >= 0.3 is 0 Å². The van der Waals surface area contributed by atoms with Gasteiger partial charge in [0.05, 0.1) is 16.7 Å². The van der Waals surface area contributed by atoms with Gasteiger partial charge < -0.3 is 10.3 Å². The number of anilines is 1. The minimum Gasteiger partial charge on any atom is -0.316 e. The SMILES string of the molecule is N#Cc1c(NC(=O)CSc2nc3scc(-c4cccs4)c3c(=O)[nH]2)sc2c1CCCCC2. The third kappa shape index (κ3) is 4.13. The molecule has 1 aliphatic rings. The number of nitriles is 1. The molecule has 0 aliphatic heterocycles. The molecule has 32 heavy (non-hydrogen) atoms. The number of thioether (sulfide) groups is 1. The first kappa shape index (κ1) is 21.4. The highest BCUT2D eigenvalue weighted by atomic mass is 32.2. The predicted octanol–water partition coefficient (Wildman–Crippen LogP) is 5.65. The van der Waals surface area contributed by atoms with Crippen molar-refractivity contribution in [3.8, 4) is 16.5 Å². The van der Waals surface area contributed by atoms with Gasteiger partial charge in [-0.1, -0.05) is 24.2 Å². The molecule has 1 aliphatic carbocycles. The first-order valence-electron chi connectivity index (χ1n) is 10.2.